The van der Waals surface area contributed by atoms with E-state index in [2.05, 4.69) is 15.5 Å². The van der Waals surface area contributed by atoms with Gasteiger partial charge in [-0.1, -0.05) is 5.16 Å². The van der Waals surface area contributed by atoms with Crippen LogP contribution in [0.1, 0.15) is 6.92 Å². The minimum atomic E-state index is 0.405. The van der Waals surface area contributed by atoms with Crippen LogP contribution in [0.4, 0.5) is 6.01 Å². The Balaban J connectivity index is 2.31. The summed E-state index contributed by atoms with van der Waals surface area (Å²) < 4.78 is 15.4. The van der Waals surface area contributed by atoms with Crippen molar-refractivity contribution in [1.82, 2.24) is 10.1 Å². The highest BCUT2D eigenvalue weighted by atomic mass is 16.5. The molecule has 96 valence electrons. The molecular weight excluding hydrogens is 234 g/mol. The molecule has 0 fully saturated rings. The van der Waals surface area contributed by atoms with E-state index >= 15 is 0 Å². The number of rotatable bonds is 5. The fourth-order valence-corrected chi connectivity index (χ4v) is 1.54. The van der Waals surface area contributed by atoms with Crippen LogP contribution < -0.4 is 14.8 Å². The lowest BCUT2D eigenvalue weighted by Gasteiger charge is -2.07. The maximum absolute atomic E-state index is 5.23. The summed E-state index contributed by atoms with van der Waals surface area (Å²) in [5.41, 5.74) is 0.806. The van der Waals surface area contributed by atoms with Crippen LogP contribution in [0.2, 0.25) is 0 Å². The molecular formula is C12H15N3O3. The molecule has 0 aliphatic heterocycles. The lowest BCUT2D eigenvalue weighted by molar-refractivity contribution is 0.355. The van der Waals surface area contributed by atoms with Crippen molar-refractivity contribution in [3.63, 3.8) is 0 Å². The molecule has 1 aromatic heterocycles. The predicted octanol–water partition coefficient (Wildman–Crippen LogP) is 2.19. The number of methoxy groups -OCH3 is 2. The largest absolute Gasteiger partial charge is 0.493 e. The Morgan fingerprint density at radius 1 is 1.22 bits per heavy atom. The molecule has 1 N–H and O–H groups in total. The van der Waals surface area contributed by atoms with Gasteiger partial charge in [-0.3, -0.25) is 0 Å². The maximum atomic E-state index is 5.23. The highest BCUT2D eigenvalue weighted by molar-refractivity contribution is 5.61. The van der Waals surface area contributed by atoms with E-state index in [1.54, 1.807) is 26.4 Å². The molecule has 2 aromatic rings. The summed E-state index contributed by atoms with van der Waals surface area (Å²) in [4.78, 5) is 4.22. The molecule has 0 aliphatic carbocycles. The normalized spacial score (nSPS) is 10.2. The Morgan fingerprint density at radius 2 is 2.00 bits per heavy atom. The van der Waals surface area contributed by atoms with Gasteiger partial charge < -0.3 is 19.3 Å². The third kappa shape index (κ3) is 2.37. The number of nitrogens with zero attached hydrogens (tertiary/aromatic N) is 2. The van der Waals surface area contributed by atoms with Gasteiger partial charge in [0, 0.05) is 12.1 Å². The average molecular weight is 249 g/mol. The number of aromatic nitrogens is 2. The topological polar surface area (TPSA) is 69.4 Å². The molecule has 6 heteroatoms. The van der Waals surface area contributed by atoms with Crippen LogP contribution in [-0.4, -0.2) is 30.9 Å². The van der Waals surface area contributed by atoms with Gasteiger partial charge in [-0.2, -0.15) is 4.98 Å². The van der Waals surface area contributed by atoms with Crippen LogP contribution in [0.5, 0.6) is 11.5 Å². The van der Waals surface area contributed by atoms with Crippen molar-refractivity contribution in [2.75, 3.05) is 26.1 Å². The minimum absolute atomic E-state index is 0.405. The van der Waals surface area contributed by atoms with E-state index in [-0.39, 0.29) is 0 Å². The van der Waals surface area contributed by atoms with E-state index in [0.717, 1.165) is 12.1 Å². The second-order valence-electron chi connectivity index (χ2n) is 3.52. The molecule has 0 radical (unpaired) electrons. The summed E-state index contributed by atoms with van der Waals surface area (Å²) in [7, 11) is 3.18. The Morgan fingerprint density at radius 3 is 2.67 bits per heavy atom. The summed E-state index contributed by atoms with van der Waals surface area (Å²) in [6.45, 7) is 2.69. The van der Waals surface area contributed by atoms with Crippen molar-refractivity contribution in [2.24, 2.45) is 0 Å². The molecule has 0 aliphatic rings. The van der Waals surface area contributed by atoms with Crippen molar-refractivity contribution < 1.29 is 14.0 Å². The molecule has 1 aromatic carbocycles. The van der Waals surface area contributed by atoms with Gasteiger partial charge in [-0.25, -0.2) is 0 Å². The van der Waals surface area contributed by atoms with Gasteiger partial charge in [0.25, 0.3) is 0 Å². The number of ether oxygens (including phenoxy) is 2. The number of anilines is 1. The van der Waals surface area contributed by atoms with Crippen LogP contribution in [0.15, 0.2) is 22.7 Å². The Bertz CT molecular complexity index is 525. The third-order valence-corrected chi connectivity index (χ3v) is 2.40. The van der Waals surface area contributed by atoms with E-state index in [4.69, 9.17) is 14.0 Å². The van der Waals surface area contributed by atoms with Crippen molar-refractivity contribution in [2.45, 2.75) is 6.92 Å². The van der Waals surface area contributed by atoms with Crippen molar-refractivity contribution in [3.05, 3.63) is 18.2 Å². The molecule has 0 amide bonds. The molecule has 0 saturated heterocycles. The fraction of sp³-hybridized carbons (Fsp3) is 0.333. The molecule has 18 heavy (non-hydrogen) atoms. The predicted molar refractivity (Wildman–Crippen MR) is 67.0 cm³/mol. The Hall–Kier alpha value is -2.24. The van der Waals surface area contributed by atoms with Crippen molar-refractivity contribution in [3.8, 4) is 22.9 Å². The van der Waals surface area contributed by atoms with Gasteiger partial charge in [-0.15, -0.1) is 0 Å². The summed E-state index contributed by atoms with van der Waals surface area (Å²) in [5, 5.41) is 6.84. The number of benzene rings is 1. The first kappa shape index (κ1) is 12.2. The van der Waals surface area contributed by atoms with Gasteiger partial charge in [0.1, 0.15) is 0 Å². The first-order valence-corrected chi connectivity index (χ1v) is 5.58. The first-order valence-electron chi connectivity index (χ1n) is 5.58. The molecule has 0 atom stereocenters. The molecule has 0 bridgehead atoms. The van der Waals surface area contributed by atoms with Gasteiger partial charge >= 0.3 is 6.01 Å². The standard InChI is InChI=1S/C12H15N3O3/c1-4-13-12-14-11(15-18-12)8-5-6-9(16-2)10(7-8)17-3/h5-7H,4H2,1-3H3,(H,13,14,15). The van der Waals surface area contributed by atoms with E-state index in [1.165, 1.54) is 0 Å². The van der Waals surface area contributed by atoms with E-state index in [9.17, 15) is 0 Å². The van der Waals surface area contributed by atoms with Crippen LogP contribution in [0.3, 0.4) is 0 Å². The smallest absolute Gasteiger partial charge is 0.321 e. The lowest BCUT2D eigenvalue weighted by atomic mass is 10.2. The van der Waals surface area contributed by atoms with E-state index < -0.39 is 0 Å². The molecule has 0 saturated carbocycles. The highest BCUT2D eigenvalue weighted by Crippen LogP contribution is 2.31. The molecule has 2 rings (SSSR count). The monoisotopic (exact) mass is 249 g/mol. The first-order chi connectivity index (χ1) is 8.78. The minimum Gasteiger partial charge on any atom is -0.493 e. The molecule has 6 nitrogen and oxygen atoms in total. The van der Waals surface area contributed by atoms with Gasteiger partial charge in [0.05, 0.1) is 14.2 Å². The molecule has 0 spiro atoms. The van der Waals surface area contributed by atoms with E-state index in [1.807, 2.05) is 13.0 Å². The maximum Gasteiger partial charge on any atom is 0.321 e. The van der Waals surface area contributed by atoms with Gasteiger partial charge in [0.2, 0.25) is 5.82 Å². The fourth-order valence-electron chi connectivity index (χ4n) is 1.54. The van der Waals surface area contributed by atoms with E-state index in [0.29, 0.717) is 23.3 Å². The zero-order chi connectivity index (χ0) is 13.0. The lowest BCUT2D eigenvalue weighted by Crippen LogP contribution is -1.96. The average Bonchev–Trinajstić information content (AvgIpc) is 2.87. The van der Waals surface area contributed by atoms with Crippen LogP contribution >= 0.6 is 0 Å². The van der Waals surface area contributed by atoms with Crippen molar-refractivity contribution >= 4 is 6.01 Å². The quantitative estimate of drug-likeness (QED) is 0.875. The summed E-state index contributed by atoms with van der Waals surface area (Å²) >= 11 is 0. The second-order valence-corrected chi connectivity index (χ2v) is 3.52. The zero-order valence-electron chi connectivity index (χ0n) is 10.6. The van der Waals surface area contributed by atoms with Gasteiger partial charge in [-0.05, 0) is 25.1 Å². The van der Waals surface area contributed by atoms with Gasteiger partial charge in [0.15, 0.2) is 11.5 Å². The Kier molecular flexibility index (Phi) is 3.66. The van der Waals surface area contributed by atoms with Crippen molar-refractivity contribution in [1.29, 1.82) is 0 Å². The molecule has 0 unspecified atom stereocenters. The van der Waals surface area contributed by atoms with Crippen LogP contribution in [0, 0.1) is 0 Å². The summed E-state index contributed by atoms with van der Waals surface area (Å²) in [5.74, 6) is 1.80. The van der Waals surface area contributed by atoms with Crippen LogP contribution in [0.25, 0.3) is 11.4 Å². The summed E-state index contributed by atoms with van der Waals surface area (Å²) in [6.07, 6.45) is 0. The number of nitrogens with one attached hydrogen (secondary N) is 1. The van der Waals surface area contributed by atoms with Crippen LogP contribution in [-0.2, 0) is 0 Å². The Labute approximate surface area is 105 Å². The highest BCUT2D eigenvalue weighted by Gasteiger charge is 2.11. The second kappa shape index (κ2) is 5.39. The number of hydrogen-bond donors (Lipinski definition) is 1. The third-order valence-electron chi connectivity index (χ3n) is 2.40. The molecule has 1 heterocycles. The number of hydrogen-bond acceptors (Lipinski definition) is 6. The zero-order valence-corrected chi connectivity index (χ0v) is 10.6. The SMILES string of the molecule is CCNc1nc(-c2ccc(OC)c(OC)c2)no1. The summed E-state index contributed by atoms with van der Waals surface area (Å²) in [6, 6.07) is 5.86.